The maximum atomic E-state index is 10.5. The van der Waals surface area contributed by atoms with Crippen molar-refractivity contribution in [2.75, 3.05) is 0 Å². The van der Waals surface area contributed by atoms with E-state index < -0.39 is 5.97 Å². The highest BCUT2D eigenvalue weighted by Crippen LogP contribution is 2.26. The lowest BCUT2D eigenvalue weighted by Crippen LogP contribution is -1.85. The number of fused-ring (bicyclic) bond motifs is 3. The molecule has 0 aliphatic rings. The summed E-state index contributed by atoms with van der Waals surface area (Å²) in [4.78, 5) is 13.8. The average molecular weight is 237 g/mol. The van der Waals surface area contributed by atoms with Crippen LogP contribution < -0.4 is 0 Å². The first-order valence-corrected chi connectivity index (χ1v) is 5.65. The standard InChI is InChI=1S/C15H11NO2/c17-15(18)8-6-10-5-7-12-11-3-1-2-4-13(11)16-14(12)9-10/h1-9,16H,(H,17,18). The van der Waals surface area contributed by atoms with E-state index in [0.717, 1.165) is 28.1 Å². The van der Waals surface area contributed by atoms with Crippen LogP contribution >= 0.6 is 0 Å². The molecule has 18 heavy (non-hydrogen) atoms. The van der Waals surface area contributed by atoms with Crippen molar-refractivity contribution < 1.29 is 9.90 Å². The molecule has 3 aromatic rings. The summed E-state index contributed by atoms with van der Waals surface area (Å²) in [6, 6.07) is 14.0. The molecule has 1 heterocycles. The molecule has 0 spiro atoms. The van der Waals surface area contributed by atoms with Gasteiger partial charge in [-0.25, -0.2) is 4.79 Å². The lowest BCUT2D eigenvalue weighted by atomic mass is 10.1. The Morgan fingerprint density at radius 3 is 2.67 bits per heavy atom. The van der Waals surface area contributed by atoms with Crippen LogP contribution in [0.2, 0.25) is 0 Å². The van der Waals surface area contributed by atoms with Crippen molar-refractivity contribution in [1.82, 2.24) is 4.98 Å². The van der Waals surface area contributed by atoms with Crippen molar-refractivity contribution >= 4 is 33.9 Å². The molecule has 0 saturated heterocycles. The van der Waals surface area contributed by atoms with E-state index in [9.17, 15) is 4.79 Å². The third-order valence-corrected chi connectivity index (χ3v) is 2.95. The normalized spacial score (nSPS) is 11.6. The molecule has 0 aliphatic carbocycles. The summed E-state index contributed by atoms with van der Waals surface area (Å²) in [6.07, 6.45) is 2.73. The molecule has 3 heteroatoms. The molecule has 2 aromatic carbocycles. The fraction of sp³-hybridized carbons (Fsp3) is 0. The highest BCUT2D eigenvalue weighted by atomic mass is 16.4. The molecule has 88 valence electrons. The first kappa shape index (κ1) is 10.6. The SMILES string of the molecule is O=C(O)C=Cc1ccc2c(c1)[nH]c1ccccc12. The summed E-state index contributed by atoms with van der Waals surface area (Å²) in [7, 11) is 0. The number of carboxylic acids is 1. The molecule has 0 amide bonds. The topological polar surface area (TPSA) is 53.1 Å². The van der Waals surface area contributed by atoms with Gasteiger partial charge in [-0.15, -0.1) is 0 Å². The molecule has 0 fully saturated rings. The monoisotopic (exact) mass is 237 g/mol. The van der Waals surface area contributed by atoms with Gasteiger partial charge in [0.1, 0.15) is 0 Å². The number of hydrogen-bond acceptors (Lipinski definition) is 1. The third-order valence-electron chi connectivity index (χ3n) is 2.95. The molecule has 3 nitrogen and oxygen atoms in total. The van der Waals surface area contributed by atoms with Crippen LogP contribution in [0.1, 0.15) is 5.56 Å². The second-order valence-corrected chi connectivity index (χ2v) is 4.15. The van der Waals surface area contributed by atoms with E-state index in [4.69, 9.17) is 5.11 Å². The van der Waals surface area contributed by atoms with Crippen LogP contribution in [0.3, 0.4) is 0 Å². The lowest BCUT2D eigenvalue weighted by molar-refractivity contribution is -0.131. The largest absolute Gasteiger partial charge is 0.478 e. The van der Waals surface area contributed by atoms with Gasteiger partial charge in [0.25, 0.3) is 0 Å². The predicted molar refractivity (Wildman–Crippen MR) is 72.5 cm³/mol. The Balaban J connectivity index is 2.18. The number of H-pyrrole nitrogens is 1. The smallest absolute Gasteiger partial charge is 0.328 e. The van der Waals surface area contributed by atoms with Crippen LogP contribution in [-0.2, 0) is 4.79 Å². The minimum absolute atomic E-state index is 0.872. The second kappa shape index (κ2) is 4.04. The Hall–Kier alpha value is -2.55. The number of aromatic amines is 1. The molecule has 2 N–H and O–H groups in total. The zero-order chi connectivity index (χ0) is 12.5. The Labute approximate surface area is 103 Å². The highest BCUT2D eigenvalue weighted by Gasteiger charge is 2.03. The number of aliphatic carboxylic acids is 1. The molecule has 0 bridgehead atoms. The zero-order valence-electron chi connectivity index (χ0n) is 9.55. The number of carbonyl (C=O) groups is 1. The number of benzene rings is 2. The Bertz CT molecular complexity index is 768. The predicted octanol–water partition coefficient (Wildman–Crippen LogP) is 3.42. The van der Waals surface area contributed by atoms with Crippen molar-refractivity contribution in [3.8, 4) is 0 Å². The van der Waals surface area contributed by atoms with Crippen LogP contribution in [0.4, 0.5) is 0 Å². The first-order valence-electron chi connectivity index (χ1n) is 5.65. The molecule has 0 aliphatic heterocycles. The van der Waals surface area contributed by atoms with Gasteiger partial charge in [-0.2, -0.15) is 0 Å². The molecule has 3 rings (SSSR count). The fourth-order valence-corrected chi connectivity index (χ4v) is 2.14. The Morgan fingerprint density at radius 2 is 1.83 bits per heavy atom. The molecule has 0 saturated carbocycles. The van der Waals surface area contributed by atoms with Gasteiger partial charge in [-0.05, 0) is 23.8 Å². The lowest BCUT2D eigenvalue weighted by Gasteiger charge is -1.94. The van der Waals surface area contributed by atoms with E-state index in [1.807, 2.05) is 36.4 Å². The van der Waals surface area contributed by atoms with Crippen LogP contribution in [0.15, 0.2) is 48.5 Å². The number of para-hydroxylation sites is 1. The number of rotatable bonds is 2. The van der Waals surface area contributed by atoms with E-state index in [1.54, 1.807) is 6.08 Å². The summed E-state index contributed by atoms with van der Waals surface area (Å²) in [5.74, 6) is -0.938. The van der Waals surface area contributed by atoms with Crippen LogP contribution in [-0.4, -0.2) is 16.1 Å². The quantitative estimate of drug-likeness (QED) is 0.671. The Morgan fingerprint density at radius 1 is 1.06 bits per heavy atom. The van der Waals surface area contributed by atoms with E-state index in [1.165, 1.54) is 5.39 Å². The van der Waals surface area contributed by atoms with Crippen molar-refractivity contribution in [1.29, 1.82) is 0 Å². The second-order valence-electron chi connectivity index (χ2n) is 4.15. The molecular formula is C15H11NO2. The van der Waals surface area contributed by atoms with Gasteiger partial charge in [-0.3, -0.25) is 0 Å². The number of hydrogen-bond donors (Lipinski definition) is 2. The maximum absolute atomic E-state index is 10.5. The third kappa shape index (κ3) is 1.76. The summed E-state index contributed by atoms with van der Waals surface area (Å²) in [6.45, 7) is 0. The van der Waals surface area contributed by atoms with Gasteiger partial charge >= 0.3 is 5.97 Å². The Kier molecular flexibility index (Phi) is 2.38. The summed E-state index contributed by atoms with van der Waals surface area (Å²) in [5.41, 5.74) is 2.98. The van der Waals surface area contributed by atoms with Crippen molar-refractivity contribution in [2.24, 2.45) is 0 Å². The highest BCUT2D eigenvalue weighted by molar-refractivity contribution is 6.07. The summed E-state index contributed by atoms with van der Waals surface area (Å²) in [5, 5.41) is 10.9. The van der Waals surface area contributed by atoms with Crippen molar-refractivity contribution in [3.63, 3.8) is 0 Å². The summed E-state index contributed by atoms with van der Waals surface area (Å²) < 4.78 is 0. The first-order chi connectivity index (χ1) is 8.74. The van der Waals surface area contributed by atoms with E-state index in [0.29, 0.717) is 0 Å². The fourth-order valence-electron chi connectivity index (χ4n) is 2.14. The number of aromatic nitrogens is 1. The van der Waals surface area contributed by atoms with Gasteiger partial charge < -0.3 is 10.1 Å². The van der Waals surface area contributed by atoms with Crippen molar-refractivity contribution in [2.45, 2.75) is 0 Å². The zero-order valence-corrected chi connectivity index (χ0v) is 9.55. The van der Waals surface area contributed by atoms with Gasteiger partial charge in [0.15, 0.2) is 0 Å². The number of carboxylic acid groups (broad SMARTS) is 1. The molecule has 0 radical (unpaired) electrons. The van der Waals surface area contributed by atoms with Gasteiger partial charge in [0.2, 0.25) is 0 Å². The van der Waals surface area contributed by atoms with E-state index in [-0.39, 0.29) is 0 Å². The maximum Gasteiger partial charge on any atom is 0.328 e. The molecular weight excluding hydrogens is 226 g/mol. The van der Waals surface area contributed by atoms with Crippen LogP contribution in [0.5, 0.6) is 0 Å². The van der Waals surface area contributed by atoms with E-state index >= 15 is 0 Å². The number of nitrogens with one attached hydrogen (secondary N) is 1. The van der Waals surface area contributed by atoms with Gasteiger partial charge in [0.05, 0.1) is 0 Å². The van der Waals surface area contributed by atoms with Crippen LogP contribution in [0, 0.1) is 0 Å². The van der Waals surface area contributed by atoms with Crippen LogP contribution in [0.25, 0.3) is 27.9 Å². The minimum atomic E-state index is -0.938. The minimum Gasteiger partial charge on any atom is -0.478 e. The molecule has 1 aromatic heterocycles. The van der Waals surface area contributed by atoms with Crippen molar-refractivity contribution in [3.05, 3.63) is 54.1 Å². The molecule has 0 atom stereocenters. The summed E-state index contributed by atoms with van der Waals surface area (Å²) >= 11 is 0. The van der Waals surface area contributed by atoms with Gasteiger partial charge in [0, 0.05) is 27.9 Å². The van der Waals surface area contributed by atoms with E-state index in [2.05, 4.69) is 11.1 Å². The molecule has 0 unspecified atom stereocenters. The average Bonchev–Trinajstić information content (AvgIpc) is 2.73. The van der Waals surface area contributed by atoms with Gasteiger partial charge in [-0.1, -0.05) is 30.3 Å².